The number of hydrogen-bond acceptors (Lipinski definition) is 10. The molecule has 0 saturated carbocycles. The number of ether oxygens (including phenoxy) is 3. The Hall–Kier alpha value is -3.12. The van der Waals surface area contributed by atoms with Crippen molar-refractivity contribution >= 4 is 34.8 Å². The van der Waals surface area contributed by atoms with E-state index in [9.17, 15) is 19.5 Å². The van der Waals surface area contributed by atoms with Gasteiger partial charge >= 0.3 is 11.9 Å². The molecule has 0 bridgehead atoms. The standard InChI is InChI=1S/C17H21N5O7/c1-8(24)21-14-12-15(19-6-18-14)22(7-20-12)16-13(27-9(2)25)17(4,29-10(3)26)11(5-23)28-16/h6-7,11,13,16,23H,5H2,1-4H3,(H,18,19,21,24)/t11-,13?,16-,17+/m1/s1. The average Bonchev–Trinajstić information content (AvgIpc) is 3.14. The fourth-order valence-corrected chi connectivity index (χ4v) is 3.36. The largest absolute Gasteiger partial charge is 0.453 e. The van der Waals surface area contributed by atoms with E-state index in [1.165, 1.54) is 44.9 Å². The van der Waals surface area contributed by atoms with Crippen molar-refractivity contribution in [1.29, 1.82) is 0 Å². The average molecular weight is 407 g/mol. The normalized spacial score (nSPS) is 26.3. The topological polar surface area (TPSA) is 155 Å². The molecule has 1 fully saturated rings. The summed E-state index contributed by atoms with van der Waals surface area (Å²) in [6, 6.07) is 0. The summed E-state index contributed by atoms with van der Waals surface area (Å²) in [5.74, 6) is -1.39. The van der Waals surface area contributed by atoms with E-state index < -0.39 is 42.6 Å². The van der Waals surface area contributed by atoms with E-state index >= 15 is 0 Å². The zero-order valence-corrected chi connectivity index (χ0v) is 16.3. The van der Waals surface area contributed by atoms with Crippen LogP contribution in [0.1, 0.15) is 33.9 Å². The number of esters is 2. The van der Waals surface area contributed by atoms with Gasteiger partial charge in [-0.25, -0.2) is 15.0 Å². The molecule has 29 heavy (non-hydrogen) atoms. The number of imidazole rings is 1. The monoisotopic (exact) mass is 407 g/mol. The van der Waals surface area contributed by atoms with E-state index in [1.807, 2.05) is 0 Å². The lowest BCUT2D eigenvalue weighted by Crippen LogP contribution is -2.51. The molecule has 0 radical (unpaired) electrons. The van der Waals surface area contributed by atoms with Gasteiger partial charge in [0.25, 0.3) is 0 Å². The Morgan fingerprint density at radius 1 is 1.24 bits per heavy atom. The highest BCUT2D eigenvalue weighted by Gasteiger charge is 2.59. The second-order valence-corrected chi connectivity index (χ2v) is 6.73. The lowest BCUT2D eigenvalue weighted by molar-refractivity contribution is -0.182. The number of anilines is 1. The number of aromatic nitrogens is 4. The second-order valence-electron chi connectivity index (χ2n) is 6.73. The molecule has 0 aliphatic carbocycles. The first-order valence-corrected chi connectivity index (χ1v) is 8.75. The second kappa shape index (κ2) is 7.72. The highest BCUT2D eigenvalue weighted by atomic mass is 16.7. The van der Waals surface area contributed by atoms with Crippen LogP contribution in [0.2, 0.25) is 0 Å². The van der Waals surface area contributed by atoms with E-state index in [2.05, 4.69) is 20.3 Å². The van der Waals surface area contributed by atoms with Gasteiger partial charge in [0, 0.05) is 20.8 Å². The summed E-state index contributed by atoms with van der Waals surface area (Å²) < 4.78 is 18.2. The Morgan fingerprint density at radius 2 is 1.97 bits per heavy atom. The molecule has 2 N–H and O–H groups in total. The van der Waals surface area contributed by atoms with Gasteiger partial charge in [-0.2, -0.15) is 0 Å². The maximum absolute atomic E-state index is 11.7. The first-order chi connectivity index (χ1) is 13.7. The highest BCUT2D eigenvalue weighted by molar-refractivity contribution is 5.95. The quantitative estimate of drug-likeness (QED) is 0.643. The lowest BCUT2D eigenvalue weighted by Gasteiger charge is -2.33. The Labute approximate surface area is 165 Å². The van der Waals surface area contributed by atoms with Crippen molar-refractivity contribution in [2.24, 2.45) is 0 Å². The van der Waals surface area contributed by atoms with Crippen molar-refractivity contribution in [2.75, 3.05) is 11.9 Å². The van der Waals surface area contributed by atoms with Crippen LogP contribution >= 0.6 is 0 Å². The molecule has 0 spiro atoms. The highest BCUT2D eigenvalue weighted by Crippen LogP contribution is 2.42. The Kier molecular flexibility index (Phi) is 5.48. The van der Waals surface area contributed by atoms with Crippen LogP contribution in [0.3, 0.4) is 0 Å². The van der Waals surface area contributed by atoms with Crippen LogP contribution in [-0.4, -0.2) is 66.9 Å². The summed E-state index contributed by atoms with van der Waals surface area (Å²) in [6.07, 6.45) is -0.478. The predicted octanol–water partition coefficient (Wildman–Crippen LogP) is -0.0721. The lowest BCUT2D eigenvalue weighted by atomic mass is 9.94. The molecule has 12 nitrogen and oxygen atoms in total. The smallest absolute Gasteiger partial charge is 0.303 e. The van der Waals surface area contributed by atoms with Crippen LogP contribution in [0.15, 0.2) is 12.7 Å². The van der Waals surface area contributed by atoms with E-state index in [4.69, 9.17) is 14.2 Å². The molecule has 0 aromatic carbocycles. The maximum atomic E-state index is 11.7. The van der Waals surface area contributed by atoms with Crippen molar-refractivity contribution < 1.29 is 33.7 Å². The number of fused-ring (bicyclic) bond motifs is 1. The van der Waals surface area contributed by atoms with E-state index in [1.54, 1.807) is 0 Å². The van der Waals surface area contributed by atoms with Gasteiger partial charge in [-0.15, -0.1) is 0 Å². The van der Waals surface area contributed by atoms with Gasteiger partial charge in [0.1, 0.15) is 12.4 Å². The van der Waals surface area contributed by atoms with Crippen molar-refractivity contribution in [3.63, 3.8) is 0 Å². The van der Waals surface area contributed by atoms with Crippen LogP contribution < -0.4 is 5.32 Å². The number of hydrogen-bond donors (Lipinski definition) is 2. The van der Waals surface area contributed by atoms with Gasteiger partial charge in [0.2, 0.25) is 5.91 Å². The van der Waals surface area contributed by atoms with Gasteiger partial charge in [-0.1, -0.05) is 0 Å². The molecule has 2 aromatic heterocycles. The van der Waals surface area contributed by atoms with Crippen LogP contribution in [0.5, 0.6) is 0 Å². The SMILES string of the molecule is CC(=O)Nc1ncnc2c1ncn2[C@@H]1O[C@H](CO)[C@](C)(OC(C)=O)C1OC(C)=O. The summed E-state index contributed by atoms with van der Waals surface area (Å²) in [7, 11) is 0. The van der Waals surface area contributed by atoms with Gasteiger partial charge in [-0.05, 0) is 6.92 Å². The molecular weight excluding hydrogens is 386 g/mol. The maximum Gasteiger partial charge on any atom is 0.303 e. The van der Waals surface area contributed by atoms with Crippen LogP contribution in [0.4, 0.5) is 5.82 Å². The summed E-state index contributed by atoms with van der Waals surface area (Å²) in [6.45, 7) is 4.77. The van der Waals surface area contributed by atoms with Crippen molar-refractivity contribution in [3.8, 4) is 0 Å². The molecule has 3 rings (SSSR count). The molecule has 3 heterocycles. The van der Waals surface area contributed by atoms with Gasteiger partial charge in [-0.3, -0.25) is 19.0 Å². The zero-order valence-electron chi connectivity index (χ0n) is 16.3. The van der Waals surface area contributed by atoms with Crippen molar-refractivity contribution in [2.45, 2.75) is 51.7 Å². The molecule has 1 aliphatic heterocycles. The number of aliphatic hydroxyl groups is 1. The third kappa shape index (κ3) is 3.76. The van der Waals surface area contributed by atoms with Gasteiger partial charge in [0.15, 0.2) is 34.9 Å². The molecule has 2 aromatic rings. The molecule has 1 amide bonds. The predicted molar refractivity (Wildman–Crippen MR) is 96.3 cm³/mol. The Balaban J connectivity index is 2.10. The molecule has 1 unspecified atom stereocenters. The minimum absolute atomic E-state index is 0.199. The number of amides is 1. The van der Waals surface area contributed by atoms with Crippen LogP contribution in [0.25, 0.3) is 11.2 Å². The summed E-state index contributed by atoms with van der Waals surface area (Å²) >= 11 is 0. The van der Waals surface area contributed by atoms with Crippen LogP contribution in [-0.2, 0) is 28.6 Å². The fourth-order valence-electron chi connectivity index (χ4n) is 3.36. The summed E-state index contributed by atoms with van der Waals surface area (Å²) in [5.41, 5.74) is -0.884. The summed E-state index contributed by atoms with van der Waals surface area (Å²) in [4.78, 5) is 47.2. The van der Waals surface area contributed by atoms with E-state index in [0.29, 0.717) is 0 Å². The number of carbonyl (C=O) groups excluding carboxylic acids is 3. The number of nitrogens with zero attached hydrogens (tertiary/aromatic N) is 4. The minimum Gasteiger partial charge on any atom is -0.453 e. The van der Waals surface area contributed by atoms with E-state index in [-0.39, 0.29) is 22.9 Å². The first kappa shape index (κ1) is 20.6. The van der Waals surface area contributed by atoms with Gasteiger partial charge < -0.3 is 24.6 Å². The number of carbonyl (C=O) groups is 3. The molecule has 1 saturated heterocycles. The third-order valence-electron chi connectivity index (χ3n) is 4.52. The minimum atomic E-state index is -1.46. The zero-order chi connectivity index (χ0) is 21.3. The van der Waals surface area contributed by atoms with Crippen molar-refractivity contribution in [1.82, 2.24) is 19.5 Å². The molecule has 1 aliphatic rings. The number of nitrogens with one attached hydrogen (secondary N) is 1. The van der Waals surface area contributed by atoms with Crippen molar-refractivity contribution in [3.05, 3.63) is 12.7 Å². The molecular formula is C17H21N5O7. The first-order valence-electron chi connectivity index (χ1n) is 8.75. The number of aliphatic hydroxyl groups excluding tert-OH is 1. The van der Waals surface area contributed by atoms with Gasteiger partial charge in [0.05, 0.1) is 12.9 Å². The molecule has 156 valence electrons. The fraction of sp³-hybridized carbons (Fsp3) is 0.529. The number of rotatable bonds is 5. The van der Waals surface area contributed by atoms with E-state index in [0.717, 1.165) is 0 Å². The third-order valence-corrected chi connectivity index (χ3v) is 4.52. The Bertz CT molecular complexity index is 961. The Morgan fingerprint density at radius 3 is 2.55 bits per heavy atom. The summed E-state index contributed by atoms with van der Waals surface area (Å²) in [5, 5.41) is 12.3. The molecule has 12 heteroatoms. The van der Waals surface area contributed by atoms with Crippen LogP contribution in [0, 0.1) is 0 Å². The molecule has 4 atom stereocenters.